The van der Waals surface area contributed by atoms with Crippen LogP contribution in [0.4, 0.5) is 5.82 Å². The third-order valence-electron chi connectivity index (χ3n) is 5.47. The number of aromatic nitrogens is 1. The fourth-order valence-corrected chi connectivity index (χ4v) is 4.63. The van der Waals surface area contributed by atoms with Crippen LogP contribution in [-0.2, 0) is 23.1 Å². The van der Waals surface area contributed by atoms with Crippen molar-refractivity contribution in [2.45, 2.75) is 37.8 Å². The Morgan fingerprint density at radius 3 is 2.62 bits per heavy atom. The van der Waals surface area contributed by atoms with Crippen LogP contribution in [0.3, 0.4) is 0 Å². The van der Waals surface area contributed by atoms with Gasteiger partial charge in [-0.05, 0) is 61.2 Å². The van der Waals surface area contributed by atoms with Gasteiger partial charge in [0.2, 0.25) is 10.0 Å². The predicted octanol–water partition coefficient (Wildman–Crippen LogP) is 2.99. The first kappa shape index (κ1) is 22.0. The van der Waals surface area contributed by atoms with Crippen molar-refractivity contribution in [1.82, 2.24) is 15.0 Å². The Hall–Kier alpha value is -3.17. The smallest absolute Gasteiger partial charge is 0.251 e. The molecule has 1 fully saturated rings. The molecule has 2 aromatic heterocycles. The summed E-state index contributed by atoms with van der Waals surface area (Å²) >= 11 is 0. The van der Waals surface area contributed by atoms with Gasteiger partial charge in [-0.1, -0.05) is 12.1 Å². The first-order valence-corrected chi connectivity index (χ1v) is 12.0. The SMILES string of the molecule is Cc1ccc(S(=O)(=O)NCc2ccco2)cc1C(=O)NCc1ccc(N2CCCC2)nc1. The van der Waals surface area contributed by atoms with Crippen molar-refractivity contribution in [2.75, 3.05) is 18.0 Å². The van der Waals surface area contributed by atoms with E-state index in [-0.39, 0.29) is 17.3 Å². The summed E-state index contributed by atoms with van der Waals surface area (Å²) in [6, 6.07) is 11.8. The van der Waals surface area contributed by atoms with Crippen LogP contribution >= 0.6 is 0 Å². The number of rotatable bonds is 8. The van der Waals surface area contributed by atoms with Gasteiger partial charge in [0.05, 0.1) is 17.7 Å². The zero-order valence-electron chi connectivity index (χ0n) is 17.9. The van der Waals surface area contributed by atoms with Gasteiger partial charge in [-0.15, -0.1) is 0 Å². The molecule has 32 heavy (non-hydrogen) atoms. The van der Waals surface area contributed by atoms with Crippen LogP contribution in [0.25, 0.3) is 0 Å². The molecule has 3 heterocycles. The highest BCUT2D eigenvalue weighted by atomic mass is 32.2. The highest BCUT2D eigenvalue weighted by molar-refractivity contribution is 7.89. The maximum atomic E-state index is 12.8. The molecule has 0 atom stereocenters. The van der Waals surface area contributed by atoms with E-state index in [0.717, 1.165) is 24.5 Å². The molecule has 9 heteroatoms. The Morgan fingerprint density at radius 2 is 1.94 bits per heavy atom. The molecule has 1 saturated heterocycles. The molecule has 1 aliphatic heterocycles. The number of pyridine rings is 1. The zero-order valence-corrected chi connectivity index (χ0v) is 18.7. The highest BCUT2D eigenvalue weighted by Gasteiger charge is 2.19. The van der Waals surface area contributed by atoms with E-state index in [2.05, 4.69) is 19.9 Å². The van der Waals surface area contributed by atoms with Gasteiger partial charge < -0.3 is 14.6 Å². The Bertz CT molecular complexity index is 1170. The highest BCUT2D eigenvalue weighted by Crippen LogP contribution is 2.19. The lowest BCUT2D eigenvalue weighted by Crippen LogP contribution is -2.26. The molecule has 168 valence electrons. The van der Waals surface area contributed by atoms with E-state index in [0.29, 0.717) is 23.4 Å². The molecular weight excluding hydrogens is 428 g/mol. The Morgan fingerprint density at radius 1 is 1.12 bits per heavy atom. The average molecular weight is 455 g/mol. The molecule has 0 spiro atoms. The van der Waals surface area contributed by atoms with E-state index in [1.807, 2.05) is 12.1 Å². The molecule has 2 N–H and O–H groups in total. The van der Waals surface area contributed by atoms with Crippen molar-refractivity contribution in [1.29, 1.82) is 0 Å². The lowest BCUT2D eigenvalue weighted by atomic mass is 10.1. The fourth-order valence-electron chi connectivity index (χ4n) is 3.61. The van der Waals surface area contributed by atoms with Gasteiger partial charge in [0.15, 0.2) is 0 Å². The van der Waals surface area contributed by atoms with Gasteiger partial charge in [-0.25, -0.2) is 18.1 Å². The van der Waals surface area contributed by atoms with Crippen LogP contribution in [0.1, 0.15) is 40.1 Å². The fraction of sp³-hybridized carbons (Fsp3) is 0.304. The molecule has 1 aliphatic rings. The number of anilines is 1. The molecule has 4 rings (SSSR count). The minimum Gasteiger partial charge on any atom is -0.468 e. The second-order valence-corrected chi connectivity index (χ2v) is 9.55. The lowest BCUT2D eigenvalue weighted by Gasteiger charge is -2.16. The molecule has 3 aromatic rings. The Labute approximate surface area is 187 Å². The normalized spacial score (nSPS) is 14.0. The third-order valence-corrected chi connectivity index (χ3v) is 6.87. The van der Waals surface area contributed by atoms with E-state index < -0.39 is 10.0 Å². The molecule has 0 aliphatic carbocycles. The van der Waals surface area contributed by atoms with Gasteiger partial charge in [0.25, 0.3) is 5.91 Å². The lowest BCUT2D eigenvalue weighted by molar-refractivity contribution is 0.0950. The van der Waals surface area contributed by atoms with Crippen molar-refractivity contribution in [3.05, 3.63) is 77.4 Å². The summed E-state index contributed by atoms with van der Waals surface area (Å²) in [5, 5.41) is 2.86. The average Bonchev–Trinajstić information content (AvgIpc) is 3.51. The molecule has 0 radical (unpaired) electrons. The summed E-state index contributed by atoms with van der Waals surface area (Å²) in [7, 11) is -3.79. The third kappa shape index (κ3) is 5.17. The van der Waals surface area contributed by atoms with E-state index in [4.69, 9.17) is 4.42 Å². The second kappa shape index (κ2) is 9.54. The number of benzene rings is 1. The van der Waals surface area contributed by atoms with Crippen molar-refractivity contribution >= 4 is 21.7 Å². The summed E-state index contributed by atoms with van der Waals surface area (Å²) in [5.74, 6) is 1.12. The zero-order chi connectivity index (χ0) is 22.6. The number of carbonyl (C=O) groups is 1. The maximum Gasteiger partial charge on any atom is 0.251 e. The van der Waals surface area contributed by atoms with Gasteiger partial charge in [-0.3, -0.25) is 4.79 Å². The molecule has 8 nitrogen and oxygen atoms in total. The molecular formula is C23H26N4O4S. The molecule has 0 unspecified atom stereocenters. The number of aryl methyl sites for hydroxylation is 1. The van der Waals surface area contributed by atoms with E-state index in [9.17, 15) is 13.2 Å². The van der Waals surface area contributed by atoms with Crippen molar-refractivity contribution < 1.29 is 17.6 Å². The number of sulfonamides is 1. The van der Waals surface area contributed by atoms with Crippen LogP contribution in [0.5, 0.6) is 0 Å². The number of hydrogen-bond acceptors (Lipinski definition) is 6. The summed E-state index contributed by atoms with van der Waals surface area (Å²) in [6.45, 7) is 4.16. The van der Waals surface area contributed by atoms with Gasteiger partial charge >= 0.3 is 0 Å². The summed E-state index contributed by atoms with van der Waals surface area (Å²) in [6.07, 6.45) is 5.62. The number of hydrogen-bond donors (Lipinski definition) is 2. The van der Waals surface area contributed by atoms with Crippen LogP contribution < -0.4 is 14.9 Å². The van der Waals surface area contributed by atoms with Crippen molar-refractivity contribution in [3.63, 3.8) is 0 Å². The number of furan rings is 1. The maximum absolute atomic E-state index is 12.8. The Kier molecular flexibility index (Phi) is 6.57. The van der Waals surface area contributed by atoms with Crippen molar-refractivity contribution in [2.24, 2.45) is 0 Å². The number of nitrogens with zero attached hydrogens (tertiary/aromatic N) is 2. The summed E-state index contributed by atoms with van der Waals surface area (Å²) in [5.41, 5.74) is 1.88. The van der Waals surface area contributed by atoms with Crippen LogP contribution in [-0.4, -0.2) is 32.4 Å². The quantitative estimate of drug-likeness (QED) is 0.542. The van der Waals surface area contributed by atoms with Crippen LogP contribution in [0, 0.1) is 6.92 Å². The van der Waals surface area contributed by atoms with Gasteiger partial charge in [0.1, 0.15) is 11.6 Å². The van der Waals surface area contributed by atoms with Gasteiger partial charge in [-0.2, -0.15) is 0 Å². The first-order chi connectivity index (χ1) is 15.4. The second-order valence-electron chi connectivity index (χ2n) is 7.78. The van der Waals surface area contributed by atoms with Crippen LogP contribution in [0.2, 0.25) is 0 Å². The summed E-state index contributed by atoms with van der Waals surface area (Å²) in [4.78, 5) is 19.5. The molecule has 1 amide bonds. The predicted molar refractivity (Wildman–Crippen MR) is 121 cm³/mol. The minimum absolute atomic E-state index is 0.0245. The van der Waals surface area contributed by atoms with E-state index in [1.54, 1.807) is 31.3 Å². The largest absolute Gasteiger partial charge is 0.468 e. The van der Waals surface area contributed by atoms with Crippen LogP contribution in [0.15, 0.2) is 64.2 Å². The minimum atomic E-state index is -3.79. The molecule has 0 saturated carbocycles. The number of carbonyl (C=O) groups excluding carboxylic acids is 1. The van der Waals surface area contributed by atoms with E-state index in [1.165, 1.54) is 31.2 Å². The molecule has 0 bridgehead atoms. The molecule has 1 aromatic carbocycles. The van der Waals surface area contributed by atoms with Crippen molar-refractivity contribution in [3.8, 4) is 0 Å². The monoisotopic (exact) mass is 454 g/mol. The standard InChI is InChI=1S/C23H26N4O4S/c1-17-6-8-20(32(29,30)26-16-19-5-4-12-31-19)13-21(17)23(28)25-15-18-7-9-22(24-14-18)27-10-2-3-11-27/h4-9,12-14,26H,2-3,10-11,15-16H2,1H3,(H,25,28). The van der Waals surface area contributed by atoms with E-state index >= 15 is 0 Å². The number of amides is 1. The summed E-state index contributed by atoms with van der Waals surface area (Å²) < 4.78 is 32.9. The topological polar surface area (TPSA) is 105 Å². The first-order valence-electron chi connectivity index (χ1n) is 10.5. The Balaban J connectivity index is 1.40. The number of nitrogens with one attached hydrogen (secondary N) is 2. The van der Waals surface area contributed by atoms with Gasteiger partial charge in [0, 0.05) is 31.4 Å².